The number of thioether (sulfide) groups is 1. The van der Waals surface area contributed by atoms with Gasteiger partial charge in [0.2, 0.25) is 5.91 Å². The van der Waals surface area contributed by atoms with Crippen molar-refractivity contribution in [1.29, 1.82) is 0 Å². The van der Waals surface area contributed by atoms with E-state index in [4.69, 9.17) is 17.0 Å². The van der Waals surface area contributed by atoms with Gasteiger partial charge in [-0.3, -0.25) is 4.79 Å². The van der Waals surface area contributed by atoms with E-state index < -0.39 is 0 Å². The average Bonchev–Trinajstić information content (AvgIpc) is 2.55. The van der Waals surface area contributed by atoms with Gasteiger partial charge in [0.25, 0.3) is 0 Å². The first-order chi connectivity index (χ1) is 11.0. The van der Waals surface area contributed by atoms with Crippen LogP contribution in [0.4, 0.5) is 5.69 Å². The van der Waals surface area contributed by atoms with Crippen molar-refractivity contribution >= 4 is 39.9 Å². The Hall–Kier alpha value is -1.27. The minimum absolute atomic E-state index is 0.0315. The quantitative estimate of drug-likeness (QED) is 0.837. The first-order valence-electron chi connectivity index (χ1n) is 7.85. The Balaban J connectivity index is 1.80. The standard InChI is InChI=1S/C17H24N2O2S2/c1-12-6-8-19(9-7-12)17(22)23-11-16(20)18-15-5-4-14(21-3)10-13(15)2/h4-5,10,12H,6-9,11H2,1-3H3,(H,18,20). The van der Waals surface area contributed by atoms with Crippen molar-refractivity contribution < 1.29 is 9.53 Å². The second-order valence-corrected chi connectivity index (χ2v) is 7.56. The molecule has 0 radical (unpaired) electrons. The number of amides is 1. The van der Waals surface area contributed by atoms with Crippen LogP contribution in [-0.4, -0.2) is 41.1 Å². The average molecular weight is 353 g/mol. The van der Waals surface area contributed by atoms with E-state index in [1.54, 1.807) is 7.11 Å². The molecule has 0 aliphatic carbocycles. The molecule has 126 valence electrons. The molecule has 0 aromatic heterocycles. The lowest BCUT2D eigenvalue weighted by Gasteiger charge is -2.31. The summed E-state index contributed by atoms with van der Waals surface area (Å²) in [5, 5.41) is 2.93. The maximum absolute atomic E-state index is 12.1. The van der Waals surface area contributed by atoms with Crippen LogP contribution in [0.15, 0.2) is 18.2 Å². The largest absolute Gasteiger partial charge is 0.497 e. The van der Waals surface area contributed by atoms with Crippen LogP contribution >= 0.6 is 24.0 Å². The molecule has 0 saturated carbocycles. The Morgan fingerprint density at radius 1 is 1.43 bits per heavy atom. The van der Waals surface area contributed by atoms with Gasteiger partial charge >= 0.3 is 0 Å². The number of nitrogens with one attached hydrogen (secondary N) is 1. The Bertz CT molecular complexity index is 570. The highest BCUT2D eigenvalue weighted by molar-refractivity contribution is 8.23. The number of carbonyl (C=O) groups is 1. The van der Waals surface area contributed by atoms with E-state index in [2.05, 4.69) is 17.1 Å². The Labute approximate surface area is 148 Å². The number of benzene rings is 1. The second kappa shape index (κ2) is 8.55. The normalized spacial score (nSPS) is 15.3. The minimum Gasteiger partial charge on any atom is -0.497 e. The fourth-order valence-corrected chi connectivity index (χ4v) is 3.55. The number of hydrogen-bond donors (Lipinski definition) is 1. The summed E-state index contributed by atoms with van der Waals surface area (Å²) in [5.74, 6) is 1.88. The maximum Gasteiger partial charge on any atom is 0.234 e. The van der Waals surface area contributed by atoms with Gasteiger partial charge in [-0.1, -0.05) is 30.9 Å². The van der Waals surface area contributed by atoms with Gasteiger partial charge in [-0.25, -0.2) is 0 Å². The molecule has 1 aliphatic rings. The van der Waals surface area contributed by atoms with Crippen LogP contribution in [0.25, 0.3) is 0 Å². The molecular weight excluding hydrogens is 328 g/mol. The second-order valence-electron chi connectivity index (χ2n) is 5.95. The number of piperidine rings is 1. The zero-order valence-electron chi connectivity index (χ0n) is 13.9. The summed E-state index contributed by atoms with van der Waals surface area (Å²) >= 11 is 6.89. The Morgan fingerprint density at radius 2 is 2.13 bits per heavy atom. The number of ether oxygens (including phenoxy) is 1. The molecule has 0 spiro atoms. The molecule has 1 fully saturated rings. The number of rotatable bonds is 4. The van der Waals surface area contributed by atoms with Crippen LogP contribution in [0.5, 0.6) is 5.75 Å². The molecule has 0 bridgehead atoms. The van der Waals surface area contributed by atoms with Crippen LogP contribution in [-0.2, 0) is 4.79 Å². The smallest absolute Gasteiger partial charge is 0.234 e. The highest BCUT2D eigenvalue weighted by atomic mass is 32.2. The third kappa shape index (κ3) is 5.39. The van der Waals surface area contributed by atoms with E-state index in [1.165, 1.54) is 24.6 Å². The Morgan fingerprint density at radius 3 is 2.74 bits per heavy atom. The summed E-state index contributed by atoms with van der Waals surface area (Å²) in [6.45, 7) is 6.24. The minimum atomic E-state index is -0.0315. The molecule has 0 unspecified atom stereocenters. The van der Waals surface area contributed by atoms with Crippen molar-refractivity contribution in [1.82, 2.24) is 4.90 Å². The summed E-state index contributed by atoms with van der Waals surface area (Å²) in [6, 6.07) is 5.61. The number of aryl methyl sites for hydroxylation is 1. The van der Waals surface area contributed by atoms with E-state index in [-0.39, 0.29) is 5.91 Å². The molecule has 0 atom stereocenters. The first-order valence-corrected chi connectivity index (χ1v) is 9.25. The number of hydrogen-bond acceptors (Lipinski definition) is 4. The van der Waals surface area contributed by atoms with E-state index in [0.717, 1.165) is 40.3 Å². The monoisotopic (exact) mass is 352 g/mol. The molecule has 1 heterocycles. The maximum atomic E-state index is 12.1. The van der Waals surface area contributed by atoms with Gasteiger partial charge < -0.3 is 15.0 Å². The lowest BCUT2D eigenvalue weighted by Crippen LogP contribution is -2.36. The molecule has 1 saturated heterocycles. The van der Waals surface area contributed by atoms with Crippen molar-refractivity contribution in [2.75, 3.05) is 31.3 Å². The molecule has 23 heavy (non-hydrogen) atoms. The van der Waals surface area contributed by atoms with E-state index in [0.29, 0.717) is 5.75 Å². The van der Waals surface area contributed by atoms with Crippen LogP contribution in [0.1, 0.15) is 25.3 Å². The predicted octanol–water partition coefficient (Wildman–Crippen LogP) is 3.69. The molecule has 4 nitrogen and oxygen atoms in total. The van der Waals surface area contributed by atoms with Crippen molar-refractivity contribution in [3.05, 3.63) is 23.8 Å². The highest BCUT2D eigenvalue weighted by Crippen LogP contribution is 2.22. The molecule has 1 amide bonds. The van der Waals surface area contributed by atoms with Crippen LogP contribution in [0.3, 0.4) is 0 Å². The van der Waals surface area contributed by atoms with E-state index in [9.17, 15) is 4.79 Å². The summed E-state index contributed by atoms with van der Waals surface area (Å²) < 4.78 is 6.00. The zero-order chi connectivity index (χ0) is 16.8. The SMILES string of the molecule is COc1ccc(NC(=O)CSC(=S)N2CCC(C)CC2)c(C)c1. The molecule has 1 aliphatic heterocycles. The summed E-state index contributed by atoms with van der Waals surface area (Å²) in [4.78, 5) is 14.3. The van der Waals surface area contributed by atoms with Crippen LogP contribution in [0, 0.1) is 12.8 Å². The fourth-order valence-electron chi connectivity index (χ4n) is 2.50. The first kappa shape index (κ1) is 18.1. The van der Waals surface area contributed by atoms with Crippen molar-refractivity contribution in [2.45, 2.75) is 26.7 Å². The molecule has 6 heteroatoms. The number of methoxy groups -OCH3 is 1. The summed E-state index contributed by atoms with van der Waals surface area (Å²) in [5.41, 5.74) is 1.80. The lowest BCUT2D eigenvalue weighted by atomic mass is 10.00. The molecule has 1 aromatic carbocycles. The third-order valence-electron chi connectivity index (χ3n) is 4.08. The summed E-state index contributed by atoms with van der Waals surface area (Å²) in [7, 11) is 1.63. The third-order valence-corrected chi connectivity index (χ3v) is 5.60. The lowest BCUT2D eigenvalue weighted by molar-refractivity contribution is -0.113. The fraction of sp³-hybridized carbons (Fsp3) is 0.529. The number of thiocarbonyl (C=S) groups is 1. The van der Waals surface area contributed by atoms with Gasteiger partial charge in [0.05, 0.1) is 12.9 Å². The number of likely N-dealkylation sites (tertiary alicyclic amines) is 1. The number of carbonyl (C=O) groups excluding carboxylic acids is 1. The summed E-state index contributed by atoms with van der Waals surface area (Å²) in [6.07, 6.45) is 2.36. The predicted molar refractivity (Wildman–Crippen MR) is 101 cm³/mol. The van der Waals surface area contributed by atoms with Gasteiger partial charge in [0.1, 0.15) is 10.1 Å². The number of nitrogens with zero attached hydrogens (tertiary/aromatic N) is 1. The van der Waals surface area contributed by atoms with Crippen molar-refractivity contribution in [3.8, 4) is 5.75 Å². The van der Waals surface area contributed by atoms with Gasteiger partial charge in [-0.2, -0.15) is 0 Å². The van der Waals surface area contributed by atoms with Crippen LogP contribution in [0.2, 0.25) is 0 Å². The molecule has 1 N–H and O–H groups in total. The topological polar surface area (TPSA) is 41.6 Å². The van der Waals surface area contributed by atoms with Gasteiger partial charge in [0, 0.05) is 18.8 Å². The van der Waals surface area contributed by atoms with E-state index in [1.807, 2.05) is 25.1 Å². The highest BCUT2D eigenvalue weighted by Gasteiger charge is 2.18. The molecule has 2 rings (SSSR count). The van der Waals surface area contributed by atoms with Gasteiger partial charge in [-0.15, -0.1) is 0 Å². The van der Waals surface area contributed by atoms with Crippen molar-refractivity contribution in [3.63, 3.8) is 0 Å². The molecule has 1 aromatic rings. The number of anilines is 1. The Kier molecular flexibility index (Phi) is 6.72. The van der Waals surface area contributed by atoms with E-state index >= 15 is 0 Å². The van der Waals surface area contributed by atoms with Crippen molar-refractivity contribution in [2.24, 2.45) is 5.92 Å². The zero-order valence-corrected chi connectivity index (χ0v) is 15.6. The van der Waals surface area contributed by atoms with Crippen LogP contribution < -0.4 is 10.1 Å². The van der Waals surface area contributed by atoms with Gasteiger partial charge in [0.15, 0.2) is 0 Å². The van der Waals surface area contributed by atoms with Gasteiger partial charge in [-0.05, 0) is 49.4 Å². The molecular formula is C17H24N2O2S2.